The fraction of sp³-hybridized carbons (Fsp3) is 0.444. The zero-order valence-corrected chi connectivity index (χ0v) is 16.1. The lowest BCUT2D eigenvalue weighted by Crippen LogP contribution is -2.16. The van der Waals surface area contributed by atoms with E-state index in [1.807, 2.05) is 18.5 Å². The van der Waals surface area contributed by atoms with Crippen LogP contribution in [0.5, 0.6) is 0 Å². The Kier molecular flexibility index (Phi) is 5.67. The number of amides is 1. The molecule has 2 aromatic rings. The number of sulfone groups is 1. The third kappa shape index (κ3) is 4.92. The average Bonchev–Trinajstić information content (AvgIpc) is 2.73. The van der Waals surface area contributed by atoms with Gasteiger partial charge in [0, 0.05) is 29.7 Å². The van der Waals surface area contributed by atoms with Gasteiger partial charge in [-0.15, -0.1) is 0 Å². The summed E-state index contributed by atoms with van der Waals surface area (Å²) in [6.07, 6.45) is 1.35. The van der Waals surface area contributed by atoms with Crippen LogP contribution >= 0.6 is 0 Å². The highest BCUT2D eigenvalue weighted by Gasteiger charge is 2.16. The molecule has 25 heavy (non-hydrogen) atoms. The molecule has 6 nitrogen and oxygen atoms in total. The SMILES string of the molecule is Cc1nn(CC(C)C)c(C)c1CC(=O)Nc1cccc(S(C)(=O)=O)c1. The van der Waals surface area contributed by atoms with Crippen LogP contribution in [0.1, 0.15) is 30.8 Å². The lowest BCUT2D eigenvalue weighted by molar-refractivity contribution is -0.115. The van der Waals surface area contributed by atoms with E-state index >= 15 is 0 Å². The fourth-order valence-electron chi connectivity index (χ4n) is 2.68. The molecule has 0 saturated carbocycles. The molecule has 0 aliphatic heterocycles. The number of carbonyl (C=O) groups excluding carboxylic acids is 1. The molecule has 1 amide bonds. The maximum atomic E-state index is 12.4. The number of nitrogens with zero attached hydrogens (tertiary/aromatic N) is 2. The molecule has 0 bridgehead atoms. The van der Waals surface area contributed by atoms with Crippen molar-refractivity contribution in [1.82, 2.24) is 9.78 Å². The average molecular weight is 363 g/mol. The Balaban J connectivity index is 2.15. The van der Waals surface area contributed by atoms with Crippen LogP contribution in [-0.2, 0) is 27.6 Å². The largest absolute Gasteiger partial charge is 0.326 e. The first-order valence-corrected chi connectivity index (χ1v) is 10.1. The Morgan fingerprint density at radius 1 is 1.28 bits per heavy atom. The summed E-state index contributed by atoms with van der Waals surface area (Å²) in [5.41, 5.74) is 3.22. The molecule has 0 aliphatic carbocycles. The maximum Gasteiger partial charge on any atom is 0.228 e. The molecule has 0 fully saturated rings. The van der Waals surface area contributed by atoms with Crippen LogP contribution in [0.25, 0.3) is 0 Å². The van der Waals surface area contributed by atoms with Gasteiger partial charge in [-0.2, -0.15) is 5.10 Å². The second-order valence-corrected chi connectivity index (χ2v) is 8.77. The molecule has 0 spiro atoms. The minimum Gasteiger partial charge on any atom is -0.326 e. The summed E-state index contributed by atoms with van der Waals surface area (Å²) in [6.45, 7) is 8.92. The van der Waals surface area contributed by atoms with E-state index in [1.165, 1.54) is 12.1 Å². The molecule has 1 N–H and O–H groups in total. The van der Waals surface area contributed by atoms with Crippen molar-refractivity contribution >= 4 is 21.4 Å². The number of carbonyl (C=O) groups is 1. The first-order chi connectivity index (χ1) is 11.6. The molecule has 1 aromatic heterocycles. The maximum absolute atomic E-state index is 12.4. The highest BCUT2D eigenvalue weighted by atomic mass is 32.2. The molecular formula is C18H25N3O3S. The Bertz CT molecular complexity index is 883. The second kappa shape index (κ2) is 7.39. The zero-order chi connectivity index (χ0) is 18.8. The van der Waals surface area contributed by atoms with Gasteiger partial charge < -0.3 is 5.32 Å². The lowest BCUT2D eigenvalue weighted by atomic mass is 10.1. The summed E-state index contributed by atoms with van der Waals surface area (Å²) in [4.78, 5) is 12.6. The van der Waals surface area contributed by atoms with Crippen molar-refractivity contribution in [3.8, 4) is 0 Å². The molecule has 2 rings (SSSR count). The van der Waals surface area contributed by atoms with Gasteiger partial charge in [0.05, 0.1) is 17.0 Å². The van der Waals surface area contributed by atoms with Gasteiger partial charge in [-0.3, -0.25) is 9.48 Å². The summed E-state index contributed by atoms with van der Waals surface area (Å²) in [5, 5.41) is 7.28. The van der Waals surface area contributed by atoms with E-state index in [0.29, 0.717) is 11.6 Å². The summed E-state index contributed by atoms with van der Waals surface area (Å²) < 4.78 is 25.2. The van der Waals surface area contributed by atoms with E-state index in [0.717, 1.165) is 29.8 Å². The van der Waals surface area contributed by atoms with Crippen molar-refractivity contribution in [2.24, 2.45) is 5.92 Å². The molecule has 0 unspecified atom stereocenters. The minimum absolute atomic E-state index is 0.183. The number of aromatic nitrogens is 2. The third-order valence-electron chi connectivity index (χ3n) is 3.95. The van der Waals surface area contributed by atoms with Crippen molar-refractivity contribution in [2.45, 2.75) is 45.6 Å². The number of anilines is 1. The Morgan fingerprint density at radius 3 is 2.56 bits per heavy atom. The van der Waals surface area contributed by atoms with Crippen molar-refractivity contribution in [3.63, 3.8) is 0 Å². The monoisotopic (exact) mass is 363 g/mol. The van der Waals surface area contributed by atoms with Crippen LogP contribution in [0, 0.1) is 19.8 Å². The highest BCUT2D eigenvalue weighted by molar-refractivity contribution is 7.90. The standard InChI is InChI=1S/C18H25N3O3S/c1-12(2)11-21-14(4)17(13(3)20-21)10-18(22)19-15-7-6-8-16(9-15)25(5,23)24/h6-9,12H,10-11H2,1-5H3,(H,19,22). The number of hydrogen-bond donors (Lipinski definition) is 1. The van der Waals surface area contributed by atoms with Crippen molar-refractivity contribution < 1.29 is 13.2 Å². The van der Waals surface area contributed by atoms with Crippen LogP contribution in [0.4, 0.5) is 5.69 Å². The van der Waals surface area contributed by atoms with Gasteiger partial charge in [0.25, 0.3) is 0 Å². The predicted octanol–water partition coefficient (Wildman–Crippen LogP) is 2.74. The number of nitrogens with one attached hydrogen (secondary N) is 1. The van der Waals surface area contributed by atoms with Gasteiger partial charge in [0.2, 0.25) is 5.91 Å². The summed E-state index contributed by atoms with van der Waals surface area (Å²) >= 11 is 0. The van der Waals surface area contributed by atoms with E-state index in [9.17, 15) is 13.2 Å². The molecule has 0 atom stereocenters. The van der Waals surface area contributed by atoms with Crippen LogP contribution in [0.3, 0.4) is 0 Å². The van der Waals surface area contributed by atoms with Crippen molar-refractivity contribution in [2.75, 3.05) is 11.6 Å². The summed E-state index contributed by atoms with van der Waals surface area (Å²) in [5.74, 6) is 0.277. The normalized spacial score (nSPS) is 11.8. The summed E-state index contributed by atoms with van der Waals surface area (Å²) in [6, 6.07) is 6.27. The minimum atomic E-state index is -3.31. The molecule has 0 radical (unpaired) electrons. The Hall–Kier alpha value is -2.15. The van der Waals surface area contributed by atoms with Gasteiger partial charge >= 0.3 is 0 Å². The smallest absolute Gasteiger partial charge is 0.228 e. The van der Waals surface area contributed by atoms with Crippen LogP contribution in [-0.4, -0.2) is 30.4 Å². The molecular weight excluding hydrogens is 338 g/mol. The molecule has 1 aromatic carbocycles. The van der Waals surface area contributed by atoms with E-state index < -0.39 is 9.84 Å². The van der Waals surface area contributed by atoms with Gasteiger partial charge in [0.1, 0.15) is 0 Å². The molecule has 136 valence electrons. The van der Waals surface area contributed by atoms with Crippen LogP contribution < -0.4 is 5.32 Å². The topological polar surface area (TPSA) is 81.1 Å². The Morgan fingerprint density at radius 2 is 1.96 bits per heavy atom. The second-order valence-electron chi connectivity index (χ2n) is 6.75. The number of benzene rings is 1. The number of rotatable bonds is 6. The summed E-state index contributed by atoms with van der Waals surface area (Å²) in [7, 11) is -3.31. The molecule has 1 heterocycles. The van der Waals surface area contributed by atoms with E-state index in [2.05, 4.69) is 24.3 Å². The van der Waals surface area contributed by atoms with Gasteiger partial charge in [-0.05, 0) is 38.0 Å². The number of aryl methyl sites for hydroxylation is 1. The van der Waals surface area contributed by atoms with Crippen molar-refractivity contribution in [3.05, 3.63) is 41.2 Å². The highest BCUT2D eigenvalue weighted by Crippen LogP contribution is 2.18. The predicted molar refractivity (Wildman–Crippen MR) is 98.4 cm³/mol. The van der Waals surface area contributed by atoms with Gasteiger partial charge in [-0.25, -0.2) is 8.42 Å². The first-order valence-electron chi connectivity index (χ1n) is 8.20. The lowest BCUT2D eigenvalue weighted by Gasteiger charge is -2.09. The Labute approximate surface area is 149 Å². The van der Waals surface area contributed by atoms with Gasteiger partial charge in [-0.1, -0.05) is 19.9 Å². The van der Waals surface area contributed by atoms with E-state index in [-0.39, 0.29) is 17.2 Å². The fourth-order valence-corrected chi connectivity index (χ4v) is 3.35. The third-order valence-corrected chi connectivity index (χ3v) is 5.06. The van der Waals surface area contributed by atoms with Crippen LogP contribution in [0.15, 0.2) is 29.2 Å². The van der Waals surface area contributed by atoms with Crippen LogP contribution in [0.2, 0.25) is 0 Å². The molecule has 7 heteroatoms. The van der Waals surface area contributed by atoms with E-state index in [4.69, 9.17) is 0 Å². The van der Waals surface area contributed by atoms with E-state index in [1.54, 1.807) is 12.1 Å². The first kappa shape index (κ1) is 19.2. The zero-order valence-electron chi connectivity index (χ0n) is 15.3. The molecule has 0 aliphatic rings. The molecule has 0 saturated heterocycles. The quantitative estimate of drug-likeness (QED) is 0.856. The van der Waals surface area contributed by atoms with Crippen molar-refractivity contribution in [1.29, 1.82) is 0 Å². The number of hydrogen-bond acceptors (Lipinski definition) is 4. The van der Waals surface area contributed by atoms with Gasteiger partial charge in [0.15, 0.2) is 9.84 Å².